The average Bonchev–Trinajstić information content (AvgIpc) is 3.12. The van der Waals surface area contributed by atoms with E-state index in [-0.39, 0.29) is 23.2 Å². The predicted octanol–water partition coefficient (Wildman–Crippen LogP) is 4.86. The molecule has 4 nitrogen and oxygen atoms in total. The number of rotatable bonds is 12. The fourth-order valence-electron chi connectivity index (χ4n) is 4.41. The van der Waals surface area contributed by atoms with Crippen LogP contribution in [0.5, 0.6) is 0 Å². The Balaban J connectivity index is 1.48. The van der Waals surface area contributed by atoms with E-state index in [2.05, 4.69) is 79.1 Å². The molecule has 3 rings (SSSR count). The minimum Gasteiger partial charge on any atom is -0.310 e. The van der Waals surface area contributed by atoms with Gasteiger partial charge in [-0.25, -0.2) is 0 Å². The minimum absolute atomic E-state index is 0.0738. The van der Waals surface area contributed by atoms with Gasteiger partial charge in [-0.05, 0) is 73.4 Å². The molecule has 1 aliphatic rings. The number of hydrogen-bond acceptors (Lipinski definition) is 4. The summed E-state index contributed by atoms with van der Waals surface area (Å²) in [6.07, 6.45) is 9.20. The molecule has 0 spiro atoms. The van der Waals surface area contributed by atoms with Gasteiger partial charge >= 0.3 is 0 Å². The fraction of sp³-hybridized carbons (Fsp3) is 0.500. The molecule has 0 amide bonds. The van der Waals surface area contributed by atoms with E-state index in [1.165, 1.54) is 16.3 Å². The zero-order chi connectivity index (χ0) is 23.0. The number of carbonyl (C=O) groups is 2. The van der Waals surface area contributed by atoms with Gasteiger partial charge in [-0.2, -0.15) is 0 Å². The molecule has 0 aliphatic heterocycles. The normalized spacial score (nSPS) is 19.3. The SMILES string of the molecule is CC(=O)CNCCCN[C@H]1C(=O)CC[C@@H]1/C=C/C(C)(C)CCc1ccc2ccccc2c1. The van der Waals surface area contributed by atoms with Crippen molar-refractivity contribution < 1.29 is 9.59 Å². The van der Waals surface area contributed by atoms with Gasteiger partial charge < -0.3 is 10.6 Å². The Morgan fingerprint density at radius 3 is 2.69 bits per heavy atom. The molecule has 1 saturated carbocycles. The van der Waals surface area contributed by atoms with Crippen LogP contribution in [0.25, 0.3) is 10.8 Å². The summed E-state index contributed by atoms with van der Waals surface area (Å²) in [6.45, 7) is 8.15. The minimum atomic E-state index is -0.0738. The molecule has 0 bridgehead atoms. The molecule has 0 heterocycles. The lowest BCUT2D eigenvalue weighted by Gasteiger charge is -2.23. The Hall–Kier alpha value is -2.30. The van der Waals surface area contributed by atoms with Gasteiger partial charge in [0.05, 0.1) is 12.6 Å². The molecular formula is C28H38N2O2. The maximum Gasteiger partial charge on any atom is 0.150 e. The molecular weight excluding hydrogens is 396 g/mol. The maximum absolute atomic E-state index is 12.4. The van der Waals surface area contributed by atoms with Crippen LogP contribution in [0.15, 0.2) is 54.6 Å². The predicted molar refractivity (Wildman–Crippen MR) is 133 cm³/mol. The Morgan fingerprint density at radius 2 is 1.91 bits per heavy atom. The molecule has 0 unspecified atom stereocenters. The van der Waals surface area contributed by atoms with Crippen LogP contribution in [0.3, 0.4) is 0 Å². The first-order valence-corrected chi connectivity index (χ1v) is 12.0. The summed E-state index contributed by atoms with van der Waals surface area (Å²) in [5.41, 5.74) is 1.46. The van der Waals surface area contributed by atoms with Gasteiger partial charge in [-0.1, -0.05) is 68.5 Å². The summed E-state index contributed by atoms with van der Waals surface area (Å²) in [5.74, 6) is 0.746. The third kappa shape index (κ3) is 7.39. The fourth-order valence-corrected chi connectivity index (χ4v) is 4.41. The summed E-state index contributed by atoms with van der Waals surface area (Å²) < 4.78 is 0. The van der Waals surface area contributed by atoms with Gasteiger partial charge in [-0.3, -0.25) is 9.59 Å². The number of fused-ring (bicyclic) bond motifs is 1. The van der Waals surface area contributed by atoms with E-state index < -0.39 is 0 Å². The number of aryl methyl sites for hydroxylation is 1. The first kappa shape index (κ1) is 24.3. The van der Waals surface area contributed by atoms with Crippen LogP contribution in [0.4, 0.5) is 0 Å². The zero-order valence-corrected chi connectivity index (χ0v) is 19.8. The highest BCUT2D eigenvalue weighted by Gasteiger charge is 2.32. The highest BCUT2D eigenvalue weighted by Crippen LogP contribution is 2.30. The number of nitrogens with one attached hydrogen (secondary N) is 2. The lowest BCUT2D eigenvalue weighted by molar-refractivity contribution is -0.119. The number of hydrogen-bond donors (Lipinski definition) is 2. The van der Waals surface area contributed by atoms with E-state index in [0.29, 0.717) is 18.7 Å². The van der Waals surface area contributed by atoms with Crippen LogP contribution in [-0.2, 0) is 16.0 Å². The molecule has 4 heteroatoms. The van der Waals surface area contributed by atoms with Crippen molar-refractivity contribution in [3.63, 3.8) is 0 Å². The summed E-state index contributed by atoms with van der Waals surface area (Å²) in [7, 11) is 0. The molecule has 0 radical (unpaired) electrons. The van der Waals surface area contributed by atoms with Gasteiger partial charge in [0.25, 0.3) is 0 Å². The maximum atomic E-state index is 12.4. The molecule has 2 N–H and O–H groups in total. The Bertz CT molecular complexity index is 947. The van der Waals surface area contributed by atoms with E-state index in [9.17, 15) is 9.59 Å². The highest BCUT2D eigenvalue weighted by molar-refractivity contribution is 5.87. The van der Waals surface area contributed by atoms with Crippen molar-refractivity contribution in [3.05, 3.63) is 60.2 Å². The Morgan fingerprint density at radius 1 is 1.12 bits per heavy atom. The molecule has 1 fully saturated rings. The van der Waals surface area contributed by atoms with E-state index in [1.54, 1.807) is 6.92 Å². The average molecular weight is 435 g/mol. The van der Waals surface area contributed by atoms with Crippen molar-refractivity contribution in [3.8, 4) is 0 Å². The van der Waals surface area contributed by atoms with Crippen molar-refractivity contribution in [1.29, 1.82) is 0 Å². The van der Waals surface area contributed by atoms with Gasteiger partial charge in [0, 0.05) is 6.42 Å². The van der Waals surface area contributed by atoms with Crippen molar-refractivity contribution in [2.24, 2.45) is 11.3 Å². The lowest BCUT2D eigenvalue weighted by Crippen LogP contribution is -2.39. The second kappa shape index (κ2) is 11.5. The summed E-state index contributed by atoms with van der Waals surface area (Å²) >= 11 is 0. The van der Waals surface area contributed by atoms with Crippen LogP contribution in [-0.4, -0.2) is 37.2 Å². The Labute approximate surface area is 192 Å². The van der Waals surface area contributed by atoms with Gasteiger partial charge in [0.2, 0.25) is 0 Å². The second-order valence-corrected chi connectivity index (χ2v) is 9.86. The largest absolute Gasteiger partial charge is 0.310 e. The third-order valence-corrected chi connectivity index (χ3v) is 6.43. The van der Waals surface area contributed by atoms with Crippen LogP contribution < -0.4 is 10.6 Å². The van der Waals surface area contributed by atoms with Gasteiger partial charge in [0.15, 0.2) is 0 Å². The van der Waals surface area contributed by atoms with Crippen molar-refractivity contribution in [2.45, 2.75) is 58.9 Å². The number of Topliss-reactive ketones (excluding diaryl/α,β-unsaturated/α-hetero) is 2. The highest BCUT2D eigenvalue weighted by atomic mass is 16.1. The molecule has 2 aromatic rings. The molecule has 1 aliphatic carbocycles. The lowest BCUT2D eigenvalue weighted by atomic mass is 9.84. The second-order valence-electron chi connectivity index (χ2n) is 9.86. The van der Waals surface area contributed by atoms with Crippen molar-refractivity contribution >= 4 is 22.3 Å². The molecule has 32 heavy (non-hydrogen) atoms. The quantitative estimate of drug-likeness (QED) is 0.370. The van der Waals surface area contributed by atoms with Crippen LogP contribution >= 0.6 is 0 Å². The first-order valence-electron chi connectivity index (χ1n) is 12.0. The molecule has 2 atom stereocenters. The van der Waals surface area contributed by atoms with Crippen molar-refractivity contribution in [2.75, 3.05) is 19.6 Å². The molecule has 2 aromatic carbocycles. The number of allylic oxidation sites excluding steroid dienone is 1. The summed E-state index contributed by atoms with van der Waals surface area (Å²) in [5, 5.41) is 9.17. The molecule has 0 saturated heterocycles. The van der Waals surface area contributed by atoms with E-state index in [0.717, 1.165) is 38.8 Å². The van der Waals surface area contributed by atoms with Gasteiger partial charge in [0.1, 0.15) is 11.6 Å². The van der Waals surface area contributed by atoms with E-state index in [4.69, 9.17) is 0 Å². The summed E-state index contributed by atoms with van der Waals surface area (Å²) in [4.78, 5) is 23.4. The van der Waals surface area contributed by atoms with Crippen LogP contribution in [0.1, 0.15) is 52.0 Å². The van der Waals surface area contributed by atoms with Crippen molar-refractivity contribution in [1.82, 2.24) is 10.6 Å². The number of benzene rings is 2. The van der Waals surface area contributed by atoms with Crippen LogP contribution in [0, 0.1) is 11.3 Å². The third-order valence-electron chi connectivity index (χ3n) is 6.43. The smallest absolute Gasteiger partial charge is 0.150 e. The Kier molecular flexibility index (Phi) is 8.77. The number of carbonyl (C=O) groups excluding carboxylic acids is 2. The number of ketones is 2. The van der Waals surface area contributed by atoms with Crippen LogP contribution in [0.2, 0.25) is 0 Å². The first-order chi connectivity index (χ1) is 15.3. The van der Waals surface area contributed by atoms with E-state index in [1.807, 2.05) is 0 Å². The standard InChI is InChI=1S/C28H38N2O2/c1-21(31)20-29-17-6-18-30-27-24(11-12-26(27)32)14-16-28(2,3)15-13-22-9-10-23-7-4-5-8-25(23)19-22/h4-5,7-10,14,16,19,24,27,29-30H,6,11-13,15,17-18,20H2,1-3H3/b16-14+/t24-,27-/m1/s1. The van der Waals surface area contributed by atoms with E-state index >= 15 is 0 Å². The molecule has 172 valence electrons. The summed E-state index contributed by atoms with van der Waals surface area (Å²) in [6, 6.07) is 15.2. The molecule has 0 aromatic heterocycles. The van der Waals surface area contributed by atoms with Gasteiger partial charge in [-0.15, -0.1) is 0 Å². The topological polar surface area (TPSA) is 58.2 Å². The zero-order valence-electron chi connectivity index (χ0n) is 19.8. The monoisotopic (exact) mass is 434 g/mol.